The number of carbonyl (C=O) groups is 1. The normalized spacial score (nSPS) is 33.1. The largest absolute Gasteiger partial charge is 0.399 e. The molecule has 4 nitrogen and oxygen atoms in total. The summed E-state index contributed by atoms with van der Waals surface area (Å²) in [7, 11) is 0. The molecule has 0 radical (unpaired) electrons. The fraction of sp³-hybridized carbons (Fsp3) is 0.588. The maximum Gasteiger partial charge on any atom is 0.253 e. The third-order valence-electron chi connectivity index (χ3n) is 6.42. The SMILES string of the molecule is CC1(C)C2CCC1(C)C(NC(=O)c1ccc(N)cc1N)C2. The Balaban J connectivity index is 1.80. The summed E-state index contributed by atoms with van der Waals surface area (Å²) in [4.78, 5) is 12.5. The highest BCUT2D eigenvalue weighted by Crippen LogP contribution is 2.65. The van der Waals surface area contributed by atoms with Crippen molar-refractivity contribution in [2.45, 2.75) is 46.1 Å². The summed E-state index contributed by atoms with van der Waals surface area (Å²) >= 11 is 0. The van der Waals surface area contributed by atoms with Crippen LogP contribution in [-0.2, 0) is 0 Å². The second-order valence-electron chi connectivity index (χ2n) is 7.48. The Kier molecular flexibility index (Phi) is 2.98. The monoisotopic (exact) mass is 287 g/mol. The summed E-state index contributed by atoms with van der Waals surface area (Å²) in [5, 5.41) is 3.22. The molecular formula is C17H25N3O. The third kappa shape index (κ3) is 1.92. The van der Waals surface area contributed by atoms with Gasteiger partial charge in [-0.05, 0) is 54.2 Å². The number of benzene rings is 1. The fourth-order valence-electron chi connectivity index (χ4n) is 4.45. The van der Waals surface area contributed by atoms with Gasteiger partial charge >= 0.3 is 0 Å². The fourth-order valence-corrected chi connectivity index (χ4v) is 4.45. The molecule has 1 aromatic carbocycles. The van der Waals surface area contributed by atoms with Crippen molar-refractivity contribution in [2.75, 3.05) is 11.5 Å². The van der Waals surface area contributed by atoms with Gasteiger partial charge < -0.3 is 16.8 Å². The van der Waals surface area contributed by atoms with Crippen LogP contribution in [0.1, 0.15) is 50.4 Å². The average molecular weight is 287 g/mol. The second kappa shape index (κ2) is 4.39. The van der Waals surface area contributed by atoms with Crippen molar-refractivity contribution in [3.05, 3.63) is 23.8 Å². The molecule has 2 aliphatic rings. The molecule has 0 aromatic heterocycles. The number of nitrogen functional groups attached to an aromatic ring is 2. The van der Waals surface area contributed by atoms with Crippen LogP contribution in [0.2, 0.25) is 0 Å². The first kappa shape index (κ1) is 14.2. The van der Waals surface area contributed by atoms with Crippen molar-refractivity contribution in [3.63, 3.8) is 0 Å². The van der Waals surface area contributed by atoms with Crippen molar-refractivity contribution in [1.82, 2.24) is 5.32 Å². The van der Waals surface area contributed by atoms with Crippen molar-refractivity contribution >= 4 is 17.3 Å². The number of hydrogen-bond donors (Lipinski definition) is 3. The van der Waals surface area contributed by atoms with Crippen molar-refractivity contribution in [2.24, 2.45) is 16.7 Å². The molecule has 21 heavy (non-hydrogen) atoms. The Bertz CT molecular complexity index is 596. The van der Waals surface area contributed by atoms with E-state index < -0.39 is 0 Å². The first-order valence-electron chi connectivity index (χ1n) is 7.71. The van der Waals surface area contributed by atoms with Gasteiger partial charge in [0, 0.05) is 17.4 Å². The van der Waals surface area contributed by atoms with E-state index in [-0.39, 0.29) is 22.8 Å². The van der Waals surface area contributed by atoms with Crippen LogP contribution in [0, 0.1) is 16.7 Å². The van der Waals surface area contributed by atoms with Crippen LogP contribution in [0.5, 0.6) is 0 Å². The zero-order chi connectivity index (χ0) is 15.4. The van der Waals surface area contributed by atoms with Gasteiger partial charge in [-0.2, -0.15) is 0 Å². The summed E-state index contributed by atoms with van der Waals surface area (Å²) in [6.45, 7) is 7.00. The van der Waals surface area contributed by atoms with E-state index in [4.69, 9.17) is 11.5 Å². The van der Waals surface area contributed by atoms with Crippen LogP contribution in [0.4, 0.5) is 11.4 Å². The quantitative estimate of drug-likeness (QED) is 0.732. The van der Waals surface area contributed by atoms with Crippen LogP contribution in [-0.4, -0.2) is 11.9 Å². The van der Waals surface area contributed by atoms with Gasteiger partial charge in [-0.15, -0.1) is 0 Å². The molecule has 0 spiro atoms. The number of nitrogens with two attached hydrogens (primary N) is 2. The van der Waals surface area contributed by atoms with Crippen molar-refractivity contribution < 1.29 is 4.79 Å². The number of anilines is 2. The molecule has 2 fully saturated rings. The van der Waals surface area contributed by atoms with Gasteiger partial charge in [0.25, 0.3) is 5.91 Å². The Morgan fingerprint density at radius 3 is 2.52 bits per heavy atom. The van der Waals surface area contributed by atoms with Crippen LogP contribution >= 0.6 is 0 Å². The van der Waals surface area contributed by atoms with E-state index in [1.165, 1.54) is 12.8 Å². The van der Waals surface area contributed by atoms with E-state index in [0.717, 1.165) is 6.42 Å². The summed E-state index contributed by atoms with van der Waals surface area (Å²) in [6, 6.07) is 5.30. The minimum absolute atomic E-state index is 0.0814. The summed E-state index contributed by atoms with van der Waals surface area (Å²) in [5.41, 5.74) is 13.6. The maximum absolute atomic E-state index is 12.5. The summed E-state index contributed by atoms with van der Waals surface area (Å²) in [5.74, 6) is 0.624. The standard InChI is InChI=1S/C17H25N3O/c1-16(2)10-6-7-17(16,3)14(8-10)20-15(21)12-5-4-11(18)9-13(12)19/h4-5,9-10,14H,6-8,18-19H2,1-3H3,(H,20,21). The van der Waals surface area contributed by atoms with E-state index in [2.05, 4.69) is 26.1 Å². The zero-order valence-electron chi connectivity index (χ0n) is 13.1. The predicted molar refractivity (Wildman–Crippen MR) is 85.8 cm³/mol. The van der Waals surface area contributed by atoms with Crippen LogP contribution in [0.25, 0.3) is 0 Å². The molecule has 1 aromatic rings. The van der Waals surface area contributed by atoms with Crippen LogP contribution in [0.3, 0.4) is 0 Å². The Hall–Kier alpha value is -1.71. The summed E-state index contributed by atoms with van der Waals surface area (Å²) < 4.78 is 0. The van der Waals surface area contributed by atoms with Gasteiger partial charge in [-0.3, -0.25) is 4.79 Å². The minimum atomic E-state index is -0.0814. The first-order valence-corrected chi connectivity index (χ1v) is 7.71. The number of carbonyl (C=O) groups excluding carboxylic acids is 1. The molecule has 3 rings (SSSR count). The van der Waals surface area contributed by atoms with E-state index in [1.807, 2.05) is 0 Å². The van der Waals surface area contributed by atoms with Crippen LogP contribution in [0.15, 0.2) is 18.2 Å². The van der Waals surface area contributed by atoms with E-state index in [0.29, 0.717) is 22.9 Å². The lowest BCUT2D eigenvalue weighted by Crippen LogP contribution is -2.47. The van der Waals surface area contributed by atoms with Crippen LogP contribution < -0.4 is 16.8 Å². The molecule has 4 heteroatoms. The van der Waals surface area contributed by atoms with Gasteiger partial charge in [0.2, 0.25) is 0 Å². The smallest absolute Gasteiger partial charge is 0.253 e. The topological polar surface area (TPSA) is 81.1 Å². The molecule has 114 valence electrons. The van der Waals surface area contributed by atoms with Gasteiger partial charge in [0.1, 0.15) is 0 Å². The van der Waals surface area contributed by atoms with Crippen molar-refractivity contribution in [1.29, 1.82) is 0 Å². The lowest BCUT2D eigenvalue weighted by molar-refractivity contribution is 0.0827. The lowest BCUT2D eigenvalue weighted by atomic mass is 9.69. The molecule has 2 bridgehead atoms. The molecule has 5 N–H and O–H groups in total. The molecule has 2 saturated carbocycles. The van der Waals surface area contributed by atoms with Gasteiger partial charge in [0.05, 0.1) is 5.56 Å². The second-order valence-corrected chi connectivity index (χ2v) is 7.48. The predicted octanol–water partition coefficient (Wildman–Crippen LogP) is 2.80. The third-order valence-corrected chi connectivity index (χ3v) is 6.42. The Morgan fingerprint density at radius 1 is 1.29 bits per heavy atom. The molecule has 1 amide bonds. The van der Waals surface area contributed by atoms with Gasteiger partial charge in [-0.25, -0.2) is 0 Å². The Morgan fingerprint density at radius 2 is 2.00 bits per heavy atom. The highest BCUT2D eigenvalue weighted by Gasteiger charge is 2.61. The molecule has 3 atom stereocenters. The highest BCUT2D eigenvalue weighted by atomic mass is 16.1. The van der Waals surface area contributed by atoms with Crippen molar-refractivity contribution in [3.8, 4) is 0 Å². The maximum atomic E-state index is 12.5. The molecule has 0 saturated heterocycles. The number of hydrogen-bond acceptors (Lipinski definition) is 3. The zero-order valence-corrected chi connectivity index (χ0v) is 13.1. The van der Waals surface area contributed by atoms with E-state index in [9.17, 15) is 4.79 Å². The highest BCUT2D eigenvalue weighted by molar-refractivity contribution is 5.99. The number of fused-ring (bicyclic) bond motifs is 2. The molecule has 0 aliphatic heterocycles. The molecule has 0 heterocycles. The lowest BCUT2D eigenvalue weighted by Gasteiger charge is -2.39. The molecule has 3 unspecified atom stereocenters. The number of rotatable bonds is 2. The van der Waals surface area contributed by atoms with E-state index in [1.54, 1.807) is 18.2 Å². The Labute approximate surface area is 126 Å². The van der Waals surface area contributed by atoms with Gasteiger partial charge in [0.15, 0.2) is 0 Å². The van der Waals surface area contributed by atoms with E-state index >= 15 is 0 Å². The number of amides is 1. The molecule has 2 aliphatic carbocycles. The average Bonchev–Trinajstić information content (AvgIpc) is 2.71. The van der Waals surface area contributed by atoms with Gasteiger partial charge in [-0.1, -0.05) is 20.8 Å². The minimum Gasteiger partial charge on any atom is -0.399 e. The number of nitrogens with one attached hydrogen (secondary N) is 1. The summed E-state index contributed by atoms with van der Waals surface area (Å²) in [6.07, 6.45) is 3.54. The first-order chi connectivity index (χ1) is 9.75. The molecular weight excluding hydrogens is 262 g/mol.